The number of piperidine rings is 1. The summed E-state index contributed by atoms with van der Waals surface area (Å²) in [6.45, 7) is 3.14. The first kappa shape index (κ1) is 27.8. The van der Waals surface area contributed by atoms with E-state index in [2.05, 4.69) is 32.4 Å². The van der Waals surface area contributed by atoms with Crippen molar-refractivity contribution >= 4 is 27.7 Å². The molecule has 1 amide bonds. The molecule has 0 unspecified atom stereocenters. The summed E-state index contributed by atoms with van der Waals surface area (Å²) < 4.78 is 27.7. The highest BCUT2D eigenvalue weighted by atomic mass is 32.2. The van der Waals surface area contributed by atoms with Gasteiger partial charge in [0.1, 0.15) is 11.9 Å². The van der Waals surface area contributed by atoms with Gasteiger partial charge in [0, 0.05) is 25.3 Å². The van der Waals surface area contributed by atoms with Gasteiger partial charge < -0.3 is 20.6 Å². The number of carbonyl (C=O) groups is 2. The Morgan fingerprint density at radius 1 is 1.14 bits per heavy atom. The first-order chi connectivity index (χ1) is 17.8. The number of anilines is 1. The number of likely N-dealkylation sites (tertiary alicyclic amines) is 1. The van der Waals surface area contributed by atoms with Crippen LogP contribution in [0, 0.1) is 5.92 Å². The minimum absolute atomic E-state index is 0.213. The molecule has 0 aromatic carbocycles. The number of aromatic nitrogens is 1. The Morgan fingerprint density at radius 2 is 1.95 bits per heavy atom. The van der Waals surface area contributed by atoms with Gasteiger partial charge in [-0.2, -0.15) is 4.72 Å². The van der Waals surface area contributed by atoms with Gasteiger partial charge in [0.05, 0.1) is 11.2 Å². The number of carboxylic acids is 1. The van der Waals surface area contributed by atoms with E-state index in [1.165, 1.54) is 5.56 Å². The lowest BCUT2D eigenvalue weighted by Gasteiger charge is -2.32. The fraction of sp³-hybridized carbons (Fsp3) is 0.731. The fourth-order valence-corrected chi connectivity index (χ4v) is 7.39. The van der Waals surface area contributed by atoms with Gasteiger partial charge in [0.15, 0.2) is 0 Å². The molecule has 0 radical (unpaired) electrons. The third kappa shape index (κ3) is 7.87. The molecule has 37 heavy (non-hydrogen) atoms. The maximum atomic E-state index is 12.8. The Bertz CT molecular complexity index is 1040. The highest BCUT2D eigenvalue weighted by molar-refractivity contribution is 7.90. The molecule has 4 rings (SSSR count). The number of nitrogens with one attached hydrogen (secondary N) is 3. The Morgan fingerprint density at radius 3 is 2.73 bits per heavy atom. The van der Waals surface area contributed by atoms with Crippen molar-refractivity contribution in [2.75, 3.05) is 38.0 Å². The van der Waals surface area contributed by atoms with Gasteiger partial charge in [0.25, 0.3) is 0 Å². The molecule has 1 aromatic rings. The Balaban J connectivity index is 1.21. The average molecular weight is 536 g/mol. The molecule has 1 saturated carbocycles. The molecular weight excluding hydrogens is 494 g/mol. The highest BCUT2D eigenvalue weighted by Gasteiger charge is 2.33. The van der Waals surface area contributed by atoms with E-state index in [0.29, 0.717) is 19.4 Å². The number of hydrogen-bond acceptors (Lipinski definition) is 7. The summed E-state index contributed by atoms with van der Waals surface area (Å²) >= 11 is 0. The van der Waals surface area contributed by atoms with Crippen LogP contribution in [-0.4, -0.2) is 79.3 Å². The Labute approximate surface area is 220 Å². The first-order valence-corrected chi connectivity index (χ1v) is 15.3. The van der Waals surface area contributed by atoms with E-state index in [1.807, 2.05) is 0 Å². The smallest absolute Gasteiger partial charge is 0.323 e. The molecule has 206 valence electrons. The maximum absolute atomic E-state index is 12.8. The van der Waals surface area contributed by atoms with Gasteiger partial charge in [-0.25, -0.2) is 13.4 Å². The van der Waals surface area contributed by atoms with E-state index in [0.717, 1.165) is 88.9 Å². The molecular formula is C26H41N5O5S. The molecule has 1 saturated heterocycles. The number of pyridine rings is 1. The Kier molecular flexibility index (Phi) is 9.77. The normalized spacial score (nSPS) is 22.0. The summed E-state index contributed by atoms with van der Waals surface area (Å²) in [5.74, 6) is -0.713. The van der Waals surface area contributed by atoms with Crippen LogP contribution in [0.3, 0.4) is 0 Å². The maximum Gasteiger partial charge on any atom is 0.323 e. The summed E-state index contributed by atoms with van der Waals surface area (Å²) in [5.41, 5.74) is 2.36. The van der Waals surface area contributed by atoms with E-state index >= 15 is 0 Å². The van der Waals surface area contributed by atoms with Crippen LogP contribution in [0.1, 0.15) is 69.0 Å². The average Bonchev–Trinajstić information content (AvgIpc) is 2.91. The molecule has 2 atom stereocenters. The third-order valence-electron chi connectivity index (χ3n) is 7.81. The minimum atomic E-state index is -3.75. The van der Waals surface area contributed by atoms with E-state index in [1.54, 1.807) is 0 Å². The van der Waals surface area contributed by atoms with Crippen LogP contribution in [0.2, 0.25) is 0 Å². The lowest BCUT2D eigenvalue weighted by atomic mass is 9.96. The molecule has 3 aliphatic rings. The minimum Gasteiger partial charge on any atom is -0.480 e. The van der Waals surface area contributed by atoms with E-state index < -0.39 is 27.3 Å². The molecule has 4 N–H and O–H groups in total. The summed E-state index contributed by atoms with van der Waals surface area (Å²) in [7, 11) is -3.75. The highest BCUT2D eigenvalue weighted by Crippen LogP contribution is 2.24. The molecule has 0 bridgehead atoms. The number of amides is 1. The van der Waals surface area contributed by atoms with Crippen LogP contribution >= 0.6 is 0 Å². The van der Waals surface area contributed by atoms with Crippen molar-refractivity contribution in [2.24, 2.45) is 5.92 Å². The van der Waals surface area contributed by atoms with Gasteiger partial charge in [-0.3, -0.25) is 9.59 Å². The molecule has 1 aromatic heterocycles. The van der Waals surface area contributed by atoms with Gasteiger partial charge in [-0.05, 0) is 76.1 Å². The largest absolute Gasteiger partial charge is 0.480 e. The van der Waals surface area contributed by atoms with Crippen molar-refractivity contribution in [3.05, 3.63) is 23.4 Å². The summed E-state index contributed by atoms with van der Waals surface area (Å²) in [6.07, 6.45) is 9.45. The topological polar surface area (TPSA) is 141 Å². The number of nitrogens with zero attached hydrogens (tertiary/aromatic N) is 2. The molecule has 11 heteroatoms. The van der Waals surface area contributed by atoms with Crippen molar-refractivity contribution in [3.63, 3.8) is 0 Å². The number of hydrogen-bond donors (Lipinski definition) is 4. The summed E-state index contributed by atoms with van der Waals surface area (Å²) in [5, 5.41) is 15.1. The van der Waals surface area contributed by atoms with E-state index in [-0.39, 0.29) is 18.4 Å². The monoisotopic (exact) mass is 535 g/mol. The van der Waals surface area contributed by atoms with Crippen molar-refractivity contribution in [1.29, 1.82) is 0 Å². The molecule has 10 nitrogen and oxygen atoms in total. The number of carbonyl (C=O) groups excluding carboxylic acids is 1. The van der Waals surface area contributed by atoms with E-state index in [4.69, 9.17) is 4.98 Å². The summed E-state index contributed by atoms with van der Waals surface area (Å²) in [4.78, 5) is 31.6. The van der Waals surface area contributed by atoms with Crippen molar-refractivity contribution in [3.8, 4) is 0 Å². The second-order valence-electron chi connectivity index (χ2n) is 10.6. The second-order valence-corrected chi connectivity index (χ2v) is 12.6. The zero-order chi connectivity index (χ0) is 26.3. The summed E-state index contributed by atoms with van der Waals surface area (Å²) in [6, 6.07) is 2.92. The second kappa shape index (κ2) is 13.0. The van der Waals surface area contributed by atoms with Crippen LogP contribution in [0.25, 0.3) is 0 Å². The quantitative estimate of drug-likeness (QED) is 0.337. The molecule has 2 aliphatic heterocycles. The first-order valence-electron chi connectivity index (χ1n) is 13.8. The third-order valence-corrected chi connectivity index (χ3v) is 9.77. The standard InChI is InChI=1S/C26H41N5O5S/c32-25(28-17-23(26(33)34)30-37(35,36)22-10-2-1-3-11-22)20-8-5-15-31(18-20)16-6-9-21-13-12-19-7-4-14-27-24(19)29-21/h12-13,20,22-23,30H,1-11,14-18H2,(H,27,29)(H,28,32)(H,33,34)/t20-,23+/m1/s1. The number of sulfonamides is 1. The number of carboxylic acid groups (broad SMARTS) is 1. The van der Waals surface area contributed by atoms with Gasteiger partial charge in [0.2, 0.25) is 15.9 Å². The molecule has 0 spiro atoms. The zero-order valence-corrected chi connectivity index (χ0v) is 22.4. The lowest BCUT2D eigenvalue weighted by Crippen LogP contribution is -2.52. The van der Waals surface area contributed by atoms with E-state index in [9.17, 15) is 23.1 Å². The van der Waals surface area contributed by atoms with Crippen molar-refractivity contribution < 1.29 is 23.1 Å². The molecule has 3 heterocycles. The zero-order valence-electron chi connectivity index (χ0n) is 21.6. The number of rotatable bonds is 11. The van der Waals surface area contributed by atoms with Crippen LogP contribution in [0.5, 0.6) is 0 Å². The predicted octanol–water partition coefficient (Wildman–Crippen LogP) is 1.91. The van der Waals surface area contributed by atoms with Gasteiger partial charge in [-0.1, -0.05) is 25.3 Å². The molecule has 2 fully saturated rings. The Hall–Kier alpha value is -2.24. The van der Waals surface area contributed by atoms with Crippen LogP contribution in [0.15, 0.2) is 12.1 Å². The molecule has 1 aliphatic carbocycles. The predicted molar refractivity (Wildman–Crippen MR) is 142 cm³/mol. The lowest BCUT2D eigenvalue weighted by molar-refractivity contribution is -0.139. The fourth-order valence-electron chi connectivity index (χ4n) is 5.66. The number of aliphatic carboxylic acids is 1. The van der Waals surface area contributed by atoms with Gasteiger partial charge >= 0.3 is 5.97 Å². The van der Waals surface area contributed by atoms with Crippen LogP contribution < -0.4 is 15.4 Å². The number of fused-ring (bicyclic) bond motifs is 1. The van der Waals surface area contributed by atoms with Crippen molar-refractivity contribution in [2.45, 2.75) is 81.9 Å². The number of aryl methyl sites for hydroxylation is 2. The van der Waals surface area contributed by atoms with Crippen LogP contribution in [0.4, 0.5) is 5.82 Å². The SMILES string of the molecule is O=C(NC[C@H](NS(=O)(=O)C1CCCCC1)C(=O)O)[C@@H]1CCCN(CCCc2ccc3c(n2)NCCC3)C1. The van der Waals surface area contributed by atoms with Crippen molar-refractivity contribution in [1.82, 2.24) is 19.9 Å². The van der Waals surface area contributed by atoms with Crippen LogP contribution in [-0.2, 0) is 32.5 Å². The van der Waals surface area contributed by atoms with Gasteiger partial charge in [-0.15, -0.1) is 0 Å².